The SMILES string of the molecule is COc1ccc([C@@H](OC(=O)Nc2ccc3c(c2)OCO3)C(C)(C)CC/C=C/C(=O)O)cc1O. The summed E-state index contributed by atoms with van der Waals surface area (Å²) < 4.78 is 21.5. The van der Waals surface area contributed by atoms with E-state index >= 15 is 0 Å². The summed E-state index contributed by atoms with van der Waals surface area (Å²) in [7, 11) is 1.44. The average molecular weight is 457 g/mol. The third-order valence-corrected chi connectivity index (χ3v) is 5.28. The smallest absolute Gasteiger partial charge is 0.412 e. The van der Waals surface area contributed by atoms with Crippen LogP contribution in [0.4, 0.5) is 10.5 Å². The van der Waals surface area contributed by atoms with Crippen molar-refractivity contribution in [2.75, 3.05) is 19.2 Å². The van der Waals surface area contributed by atoms with Gasteiger partial charge in [0.1, 0.15) is 6.10 Å². The van der Waals surface area contributed by atoms with Gasteiger partial charge >= 0.3 is 12.1 Å². The average Bonchev–Trinajstić information content (AvgIpc) is 3.23. The molecule has 0 radical (unpaired) electrons. The minimum Gasteiger partial charge on any atom is -0.504 e. The van der Waals surface area contributed by atoms with Crippen molar-refractivity contribution in [3.63, 3.8) is 0 Å². The molecule has 1 aliphatic heterocycles. The highest BCUT2D eigenvalue weighted by atomic mass is 16.7. The van der Waals surface area contributed by atoms with Crippen LogP contribution in [0.5, 0.6) is 23.0 Å². The van der Waals surface area contributed by atoms with Crippen LogP contribution in [0.1, 0.15) is 38.4 Å². The lowest BCUT2D eigenvalue weighted by Gasteiger charge is -2.34. The van der Waals surface area contributed by atoms with Crippen molar-refractivity contribution in [1.29, 1.82) is 0 Å². The molecule has 0 fully saturated rings. The van der Waals surface area contributed by atoms with Gasteiger partial charge < -0.3 is 29.2 Å². The van der Waals surface area contributed by atoms with Crippen LogP contribution in [0, 0.1) is 5.41 Å². The number of carboxylic acid groups (broad SMARTS) is 1. The Morgan fingerprint density at radius 3 is 2.64 bits per heavy atom. The number of phenolic OH excluding ortho intramolecular Hbond substituents is 1. The van der Waals surface area contributed by atoms with Crippen LogP contribution in [0.3, 0.4) is 0 Å². The van der Waals surface area contributed by atoms with Gasteiger partial charge in [0.05, 0.1) is 7.11 Å². The fourth-order valence-corrected chi connectivity index (χ4v) is 3.55. The number of carbonyl (C=O) groups is 2. The van der Waals surface area contributed by atoms with Crippen LogP contribution in [0.2, 0.25) is 0 Å². The van der Waals surface area contributed by atoms with Crippen molar-refractivity contribution in [1.82, 2.24) is 0 Å². The Morgan fingerprint density at radius 1 is 1.18 bits per heavy atom. The second-order valence-corrected chi connectivity index (χ2v) is 8.18. The number of hydrogen-bond acceptors (Lipinski definition) is 7. The monoisotopic (exact) mass is 457 g/mol. The highest BCUT2D eigenvalue weighted by molar-refractivity contribution is 5.85. The fraction of sp³-hybridized carbons (Fsp3) is 0.333. The fourth-order valence-electron chi connectivity index (χ4n) is 3.55. The van der Waals surface area contributed by atoms with Gasteiger partial charge in [-0.2, -0.15) is 0 Å². The number of ether oxygens (including phenoxy) is 4. The molecule has 3 rings (SSSR count). The van der Waals surface area contributed by atoms with E-state index in [1.807, 2.05) is 13.8 Å². The number of phenols is 1. The number of carbonyl (C=O) groups excluding carboxylic acids is 1. The highest BCUT2D eigenvalue weighted by Crippen LogP contribution is 2.43. The van der Waals surface area contributed by atoms with E-state index in [-0.39, 0.29) is 12.5 Å². The summed E-state index contributed by atoms with van der Waals surface area (Å²) >= 11 is 0. The molecule has 1 amide bonds. The molecule has 2 aromatic rings. The van der Waals surface area contributed by atoms with Gasteiger partial charge in [0.25, 0.3) is 0 Å². The Kier molecular flexibility index (Phi) is 7.32. The number of methoxy groups -OCH3 is 1. The maximum atomic E-state index is 12.8. The van der Waals surface area contributed by atoms with Crippen LogP contribution in [-0.4, -0.2) is 36.2 Å². The highest BCUT2D eigenvalue weighted by Gasteiger charge is 2.34. The predicted molar refractivity (Wildman–Crippen MR) is 120 cm³/mol. The topological polar surface area (TPSA) is 124 Å². The number of allylic oxidation sites excluding steroid dienone is 1. The van der Waals surface area contributed by atoms with E-state index in [2.05, 4.69) is 5.32 Å². The molecule has 1 atom stereocenters. The second kappa shape index (κ2) is 10.2. The Bertz CT molecular complexity index is 1050. The number of benzene rings is 2. The van der Waals surface area contributed by atoms with Crippen LogP contribution >= 0.6 is 0 Å². The Balaban J connectivity index is 1.80. The first-order valence-corrected chi connectivity index (χ1v) is 10.3. The molecule has 0 spiro atoms. The third-order valence-electron chi connectivity index (χ3n) is 5.28. The molecule has 0 unspecified atom stereocenters. The number of carboxylic acids is 1. The van der Waals surface area contributed by atoms with E-state index in [9.17, 15) is 14.7 Å². The number of hydrogen-bond donors (Lipinski definition) is 3. The summed E-state index contributed by atoms with van der Waals surface area (Å²) in [5, 5.41) is 21.8. The zero-order valence-corrected chi connectivity index (χ0v) is 18.7. The maximum absolute atomic E-state index is 12.8. The molecule has 0 bridgehead atoms. The number of nitrogens with one attached hydrogen (secondary N) is 1. The molecule has 9 heteroatoms. The summed E-state index contributed by atoms with van der Waals surface area (Å²) in [4.78, 5) is 23.5. The molecule has 0 saturated carbocycles. The van der Waals surface area contributed by atoms with Gasteiger partial charge in [-0.05, 0) is 42.7 Å². The predicted octanol–water partition coefficient (Wildman–Crippen LogP) is 4.87. The number of fused-ring (bicyclic) bond motifs is 1. The molecule has 9 nitrogen and oxygen atoms in total. The van der Waals surface area contributed by atoms with Crippen molar-refractivity contribution in [2.45, 2.75) is 32.8 Å². The van der Waals surface area contributed by atoms with Crippen LogP contribution in [0.25, 0.3) is 0 Å². The molecule has 1 heterocycles. The molecule has 3 N–H and O–H groups in total. The van der Waals surface area contributed by atoms with Crippen molar-refractivity contribution >= 4 is 17.7 Å². The lowest BCUT2D eigenvalue weighted by atomic mass is 9.78. The number of rotatable bonds is 9. The largest absolute Gasteiger partial charge is 0.504 e. The Labute approximate surface area is 191 Å². The van der Waals surface area contributed by atoms with Crippen molar-refractivity contribution in [3.05, 3.63) is 54.1 Å². The van der Waals surface area contributed by atoms with Gasteiger partial charge in [-0.3, -0.25) is 5.32 Å². The zero-order chi connectivity index (χ0) is 24.0. The van der Waals surface area contributed by atoms with Crippen LogP contribution < -0.4 is 19.5 Å². The number of aliphatic carboxylic acids is 1. The lowest BCUT2D eigenvalue weighted by molar-refractivity contribution is -0.131. The summed E-state index contributed by atoms with van der Waals surface area (Å²) in [6.07, 6.45) is 2.18. The zero-order valence-electron chi connectivity index (χ0n) is 18.7. The maximum Gasteiger partial charge on any atom is 0.412 e. The van der Waals surface area contributed by atoms with E-state index in [0.29, 0.717) is 41.3 Å². The first-order chi connectivity index (χ1) is 15.7. The van der Waals surface area contributed by atoms with Gasteiger partial charge in [0.2, 0.25) is 6.79 Å². The molecular formula is C24H27NO8. The molecule has 33 heavy (non-hydrogen) atoms. The lowest BCUT2D eigenvalue weighted by Crippen LogP contribution is -2.29. The minimum absolute atomic E-state index is 0.0821. The molecular weight excluding hydrogens is 430 g/mol. The third kappa shape index (κ3) is 6.09. The molecule has 0 saturated heterocycles. The van der Waals surface area contributed by atoms with E-state index in [0.717, 1.165) is 6.08 Å². The molecule has 2 aromatic carbocycles. The van der Waals surface area contributed by atoms with Crippen LogP contribution in [0.15, 0.2) is 48.6 Å². The Hall–Kier alpha value is -3.88. The number of aromatic hydroxyl groups is 1. The molecule has 1 aliphatic rings. The number of amides is 1. The van der Waals surface area contributed by atoms with E-state index in [1.54, 1.807) is 36.4 Å². The second-order valence-electron chi connectivity index (χ2n) is 8.18. The number of anilines is 1. The van der Waals surface area contributed by atoms with Gasteiger partial charge in [0.15, 0.2) is 23.0 Å². The van der Waals surface area contributed by atoms with Crippen molar-refractivity contribution in [2.24, 2.45) is 5.41 Å². The van der Waals surface area contributed by atoms with E-state index in [1.165, 1.54) is 13.2 Å². The molecule has 176 valence electrons. The molecule has 0 aliphatic carbocycles. The van der Waals surface area contributed by atoms with E-state index < -0.39 is 23.6 Å². The van der Waals surface area contributed by atoms with Gasteiger partial charge in [0, 0.05) is 23.2 Å². The molecule has 0 aromatic heterocycles. The summed E-state index contributed by atoms with van der Waals surface area (Å²) in [5.74, 6) is 0.306. The quantitative estimate of drug-likeness (QED) is 0.456. The summed E-state index contributed by atoms with van der Waals surface area (Å²) in [6, 6.07) is 9.80. The Morgan fingerprint density at radius 2 is 1.94 bits per heavy atom. The minimum atomic E-state index is -1.02. The van der Waals surface area contributed by atoms with Crippen LogP contribution in [-0.2, 0) is 9.53 Å². The summed E-state index contributed by atoms with van der Waals surface area (Å²) in [5.41, 5.74) is 0.444. The van der Waals surface area contributed by atoms with Gasteiger partial charge in [-0.15, -0.1) is 0 Å². The van der Waals surface area contributed by atoms with Crippen molar-refractivity contribution in [3.8, 4) is 23.0 Å². The van der Waals surface area contributed by atoms with Gasteiger partial charge in [-0.1, -0.05) is 26.0 Å². The van der Waals surface area contributed by atoms with Gasteiger partial charge in [-0.25, -0.2) is 9.59 Å². The normalized spacial score (nSPS) is 13.5. The van der Waals surface area contributed by atoms with Crippen molar-refractivity contribution < 1.29 is 38.7 Å². The standard InChI is InChI=1S/C24H27NO8/c1-24(2,11-5-4-6-21(27)28)22(15-7-9-18(30-3)17(26)12-15)33-23(29)25-16-8-10-19-20(13-16)32-14-31-19/h4,6-10,12-13,22,26H,5,11,14H2,1-3H3,(H,25,29)(H,27,28)/b6-4+/t22-/m1/s1. The first-order valence-electron chi connectivity index (χ1n) is 10.3. The first kappa shape index (κ1) is 23.8. The summed E-state index contributed by atoms with van der Waals surface area (Å²) in [6.45, 7) is 3.93. The van der Waals surface area contributed by atoms with E-state index in [4.69, 9.17) is 24.1 Å².